The molecule has 4 nitrogen and oxygen atoms in total. The molecule has 0 amide bonds. The van der Waals surface area contributed by atoms with Gasteiger partial charge in [-0.15, -0.1) is 0 Å². The minimum atomic E-state index is -0.179. The third-order valence-electron chi connectivity index (χ3n) is 2.66. The number of aliphatic imine (C=N–C) groups is 1. The van der Waals surface area contributed by atoms with Crippen LogP contribution in [0.1, 0.15) is 33.6 Å². The number of ketones is 1. The minimum absolute atomic E-state index is 0.0505. The number of nitrogens with zero attached hydrogens (tertiary/aromatic N) is 1. The predicted molar refractivity (Wildman–Crippen MR) is 62.7 cm³/mol. The van der Waals surface area contributed by atoms with E-state index in [1.165, 1.54) is 0 Å². The molecular weight excluding hydrogens is 206 g/mol. The van der Waals surface area contributed by atoms with Gasteiger partial charge in [0, 0.05) is 18.6 Å². The summed E-state index contributed by atoms with van der Waals surface area (Å²) in [6, 6.07) is 0. The van der Waals surface area contributed by atoms with Gasteiger partial charge in [0.2, 0.25) is 0 Å². The maximum Gasteiger partial charge on any atom is 0.168 e. The van der Waals surface area contributed by atoms with Crippen molar-refractivity contribution in [3.05, 3.63) is 11.3 Å². The molecule has 0 heterocycles. The first kappa shape index (κ1) is 12.9. The highest BCUT2D eigenvalue weighted by atomic mass is 16.3. The first-order valence-electron chi connectivity index (χ1n) is 5.45. The quantitative estimate of drug-likeness (QED) is 0.717. The molecule has 1 aliphatic rings. The number of Topliss-reactive ketones (excluding diaryl/α,β-unsaturated/α-hetero) is 1. The number of allylic oxidation sites excluding steroid dienone is 2. The van der Waals surface area contributed by atoms with Gasteiger partial charge >= 0.3 is 0 Å². The van der Waals surface area contributed by atoms with Crippen molar-refractivity contribution in [2.75, 3.05) is 13.2 Å². The van der Waals surface area contributed by atoms with Crippen molar-refractivity contribution in [3.63, 3.8) is 0 Å². The van der Waals surface area contributed by atoms with Crippen LogP contribution in [0.4, 0.5) is 0 Å². The Balaban J connectivity index is 2.99. The third-order valence-corrected chi connectivity index (χ3v) is 2.66. The molecule has 0 radical (unpaired) electrons. The highest BCUT2D eigenvalue weighted by molar-refractivity contribution is 6.22. The van der Waals surface area contributed by atoms with Gasteiger partial charge in [0.15, 0.2) is 5.78 Å². The van der Waals surface area contributed by atoms with E-state index in [1.54, 1.807) is 6.92 Å². The smallest absolute Gasteiger partial charge is 0.168 e. The number of carbonyl (C=O) groups is 1. The largest absolute Gasteiger partial charge is 0.511 e. The summed E-state index contributed by atoms with van der Waals surface area (Å²) in [4.78, 5) is 15.9. The van der Waals surface area contributed by atoms with Gasteiger partial charge in [-0.25, -0.2) is 0 Å². The van der Waals surface area contributed by atoms with Gasteiger partial charge in [-0.3, -0.25) is 9.79 Å². The molecule has 16 heavy (non-hydrogen) atoms. The van der Waals surface area contributed by atoms with Gasteiger partial charge in [-0.2, -0.15) is 0 Å². The minimum Gasteiger partial charge on any atom is -0.511 e. The molecule has 0 aromatic heterocycles. The molecule has 0 saturated carbocycles. The summed E-state index contributed by atoms with van der Waals surface area (Å²) in [5.74, 6) is 0.0633. The number of rotatable bonds is 3. The molecule has 0 atom stereocenters. The molecule has 1 aliphatic carbocycles. The Morgan fingerprint density at radius 2 is 2.06 bits per heavy atom. The van der Waals surface area contributed by atoms with E-state index in [1.807, 2.05) is 13.8 Å². The lowest BCUT2D eigenvalue weighted by Gasteiger charge is -2.29. The summed E-state index contributed by atoms with van der Waals surface area (Å²) in [5.41, 5.74) is 0.682. The molecule has 4 heteroatoms. The third kappa shape index (κ3) is 2.92. The predicted octanol–water partition coefficient (Wildman–Crippen LogP) is 1.64. The van der Waals surface area contributed by atoms with Crippen LogP contribution >= 0.6 is 0 Å². The van der Waals surface area contributed by atoms with Crippen molar-refractivity contribution in [1.82, 2.24) is 0 Å². The number of carbonyl (C=O) groups excluding carboxylic acids is 1. The van der Waals surface area contributed by atoms with Crippen molar-refractivity contribution >= 4 is 11.5 Å². The van der Waals surface area contributed by atoms with Crippen LogP contribution in [0.25, 0.3) is 0 Å². The molecule has 0 aromatic carbocycles. The molecule has 0 saturated heterocycles. The average molecular weight is 225 g/mol. The number of aliphatic hydroxyl groups is 2. The fraction of sp³-hybridized carbons (Fsp3) is 0.667. The van der Waals surface area contributed by atoms with Crippen LogP contribution in [-0.4, -0.2) is 34.9 Å². The summed E-state index contributed by atoms with van der Waals surface area (Å²) in [5, 5.41) is 18.5. The van der Waals surface area contributed by atoms with Crippen molar-refractivity contribution in [1.29, 1.82) is 0 Å². The molecule has 90 valence electrons. The molecule has 0 unspecified atom stereocenters. The lowest BCUT2D eigenvalue weighted by atomic mass is 9.76. The van der Waals surface area contributed by atoms with Crippen molar-refractivity contribution in [3.8, 4) is 0 Å². The zero-order valence-corrected chi connectivity index (χ0v) is 10.1. The standard InChI is InChI=1S/C12H19NO3/c1-8(13-4-5-14)11-9(15)6-12(2,3)7-10(11)16/h14-15H,4-7H2,1-3H3. The summed E-state index contributed by atoms with van der Waals surface area (Å²) in [6.07, 6.45) is 0.929. The fourth-order valence-corrected chi connectivity index (χ4v) is 2.00. The second kappa shape index (κ2) is 4.78. The van der Waals surface area contributed by atoms with Crippen LogP contribution in [0.2, 0.25) is 0 Å². The zero-order valence-electron chi connectivity index (χ0n) is 10.1. The molecule has 0 spiro atoms. The highest BCUT2D eigenvalue weighted by Gasteiger charge is 2.33. The van der Waals surface area contributed by atoms with Crippen LogP contribution < -0.4 is 0 Å². The Bertz CT molecular complexity index is 353. The SMILES string of the molecule is CC(=NCCO)C1=C(O)CC(C)(C)CC1=O. The van der Waals surface area contributed by atoms with Crippen LogP contribution in [0, 0.1) is 5.41 Å². The van der Waals surface area contributed by atoms with Crippen molar-refractivity contribution in [2.24, 2.45) is 10.4 Å². The van der Waals surface area contributed by atoms with Crippen LogP contribution in [-0.2, 0) is 4.79 Å². The van der Waals surface area contributed by atoms with Gasteiger partial charge in [-0.05, 0) is 12.3 Å². The topological polar surface area (TPSA) is 69.9 Å². The fourth-order valence-electron chi connectivity index (χ4n) is 2.00. The maximum absolute atomic E-state index is 11.9. The molecule has 2 N–H and O–H groups in total. The normalized spacial score (nSPS) is 21.5. The molecular formula is C12H19NO3. The first-order chi connectivity index (χ1) is 7.37. The van der Waals surface area contributed by atoms with Gasteiger partial charge < -0.3 is 10.2 Å². The molecule has 0 bridgehead atoms. The van der Waals surface area contributed by atoms with E-state index in [0.717, 1.165) is 0 Å². The lowest BCUT2D eigenvalue weighted by Crippen LogP contribution is -2.28. The van der Waals surface area contributed by atoms with E-state index < -0.39 is 0 Å². The van der Waals surface area contributed by atoms with Gasteiger partial charge in [0.05, 0.1) is 18.7 Å². The summed E-state index contributed by atoms with van der Waals surface area (Å²) >= 11 is 0. The van der Waals surface area contributed by atoms with Gasteiger partial charge in [0.1, 0.15) is 5.76 Å². The number of aliphatic hydroxyl groups excluding tert-OH is 2. The van der Waals surface area contributed by atoms with E-state index in [2.05, 4.69) is 4.99 Å². The average Bonchev–Trinajstić information content (AvgIpc) is 2.11. The van der Waals surface area contributed by atoms with Crippen molar-refractivity contribution in [2.45, 2.75) is 33.6 Å². The molecule has 0 aromatic rings. The number of hydrogen-bond donors (Lipinski definition) is 2. The second-order valence-corrected chi connectivity index (χ2v) is 4.95. The van der Waals surface area contributed by atoms with Crippen molar-refractivity contribution < 1.29 is 15.0 Å². The summed E-state index contributed by atoms with van der Waals surface area (Å²) in [7, 11) is 0. The summed E-state index contributed by atoms with van der Waals surface area (Å²) in [6.45, 7) is 5.82. The Kier molecular flexibility index (Phi) is 3.86. The second-order valence-electron chi connectivity index (χ2n) is 4.95. The lowest BCUT2D eigenvalue weighted by molar-refractivity contribution is -0.117. The van der Waals surface area contributed by atoms with E-state index >= 15 is 0 Å². The summed E-state index contributed by atoms with van der Waals surface area (Å²) < 4.78 is 0. The van der Waals surface area contributed by atoms with E-state index in [4.69, 9.17) is 5.11 Å². The molecule has 0 aliphatic heterocycles. The Morgan fingerprint density at radius 1 is 1.44 bits per heavy atom. The van der Waals surface area contributed by atoms with Gasteiger partial charge in [0.25, 0.3) is 0 Å². The van der Waals surface area contributed by atoms with Gasteiger partial charge in [-0.1, -0.05) is 13.8 Å². The monoisotopic (exact) mass is 225 g/mol. The van der Waals surface area contributed by atoms with E-state index in [-0.39, 0.29) is 30.1 Å². The zero-order chi connectivity index (χ0) is 12.3. The first-order valence-corrected chi connectivity index (χ1v) is 5.45. The number of hydrogen-bond acceptors (Lipinski definition) is 4. The molecule has 1 rings (SSSR count). The Morgan fingerprint density at radius 3 is 2.56 bits per heavy atom. The van der Waals surface area contributed by atoms with Crippen LogP contribution in [0.15, 0.2) is 16.3 Å². The Hall–Kier alpha value is -1.16. The van der Waals surface area contributed by atoms with E-state index in [0.29, 0.717) is 24.1 Å². The van der Waals surface area contributed by atoms with Crippen LogP contribution in [0.5, 0.6) is 0 Å². The highest BCUT2D eigenvalue weighted by Crippen LogP contribution is 2.35. The Labute approximate surface area is 95.7 Å². The molecule has 0 fully saturated rings. The van der Waals surface area contributed by atoms with Crippen LogP contribution in [0.3, 0.4) is 0 Å². The van der Waals surface area contributed by atoms with E-state index in [9.17, 15) is 9.90 Å². The maximum atomic E-state index is 11.9.